The summed E-state index contributed by atoms with van der Waals surface area (Å²) in [7, 11) is 0. The van der Waals surface area contributed by atoms with Gasteiger partial charge in [0.25, 0.3) is 0 Å². The molecule has 6 nitrogen and oxygen atoms in total. The van der Waals surface area contributed by atoms with Crippen LogP contribution < -0.4 is 15.0 Å². The van der Waals surface area contributed by atoms with E-state index in [1.165, 1.54) is 18.2 Å². The molecule has 1 fully saturated rings. The molecule has 144 valence electrons. The molecule has 0 aliphatic carbocycles. The van der Waals surface area contributed by atoms with Crippen LogP contribution in [0.15, 0.2) is 18.2 Å². The van der Waals surface area contributed by atoms with Gasteiger partial charge in [-0.2, -0.15) is 13.2 Å². The number of halogens is 3. The van der Waals surface area contributed by atoms with Crippen LogP contribution in [0.3, 0.4) is 0 Å². The van der Waals surface area contributed by atoms with Crippen molar-refractivity contribution >= 4 is 17.5 Å². The lowest BCUT2D eigenvalue weighted by atomic mass is 9.98. The number of rotatable bonds is 4. The van der Waals surface area contributed by atoms with Crippen molar-refractivity contribution in [3.63, 3.8) is 0 Å². The molecule has 3 rings (SSSR count). The second-order valence-corrected chi connectivity index (χ2v) is 7.12. The Kier molecular flexibility index (Phi) is 4.68. The van der Waals surface area contributed by atoms with Crippen LogP contribution in [0.5, 0.6) is 5.75 Å². The largest absolute Gasteiger partial charge is 0.486 e. The van der Waals surface area contributed by atoms with Gasteiger partial charge in [0.05, 0.1) is 31.1 Å². The molecule has 1 aromatic rings. The van der Waals surface area contributed by atoms with Crippen molar-refractivity contribution in [2.24, 2.45) is 5.92 Å². The molecule has 1 atom stereocenters. The Labute approximate surface area is 148 Å². The average molecular weight is 374 g/mol. The van der Waals surface area contributed by atoms with Crippen LogP contribution in [0.2, 0.25) is 0 Å². The highest BCUT2D eigenvalue weighted by molar-refractivity contribution is 5.89. The van der Waals surface area contributed by atoms with E-state index in [1.807, 2.05) is 0 Å². The smallest absolute Gasteiger partial charge is 0.412 e. The van der Waals surface area contributed by atoms with Crippen LogP contribution in [0.1, 0.15) is 20.3 Å². The second-order valence-electron chi connectivity index (χ2n) is 7.12. The summed E-state index contributed by atoms with van der Waals surface area (Å²) in [6, 6.07) is 4.21. The lowest BCUT2D eigenvalue weighted by Gasteiger charge is -2.38. The fourth-order valence-corrected chi connectivity index (χ4v) is 3.07. The first-order valence-corrected chi connectivity index (χ1v) is 8.32. The van der Waals surface area contributed by atoms with E-state index in [-0.39, 0.29) is 11.8 Å². The molecule has 2 aliphatic heterocycles. The first-order valence-electron chi connectivity index (χ1n) is 8.32. The highest BCUT2D eigenvalue weighted by Crippen LogP contribution is 2.41. The molecule has 0 spiro atoms. The van der Waals surface area contributed by atoms with Crippen molar-refractivity contribution in [1.82, 2.24) is 0 Å². The van der Waals surface area contributed by atoms with Crippen LogP contribution >= 0.6 is 0 Å². The van der Waals surface area contributed by atoms with Crippen molar-refractivity contribution in [2.75, 3.05) is 30.0 Å². The maximum Gasteiger partial charge on any atom is 0.412 e. The molecule has 1 saturated heterocycles. The maximum atomic E-state index is 13.3. The van der Waals surface area contributed by atoms with Crippen LogP contribution in [-0.4, -0.2) is 48.8 Å². The fraction of sp³-hybridized carbons (Fsp3) is 0.588. The Morgan fingerprint density at radius 3 is 2.58 bits per heavy atom. The van der Waals surface area contributed by atoms with Crippen LogP contribution in [-0.2, 0) is 4.74 Å². The maximum absolute atomic E-state index is 13.3. The fourth-order valence-electron chi connectivity index (χ4n) is 3.07. The average Bonchev–Trinajstić information content (AvgIpc) is 2.49. The number of nitrogens with one attached hydrogen (secondary N) is 1. The summed E-state index contributed by atoms with van der Waals surface area (Å²) in [6.45, 7) is 3.60. The number of ether oxygens (including phenoxy) is 2. The molecule has 2 N–H and O–H groups in total. The number of hydrogen-bond donors (Lipinski definition) is 2. The van der Waals surface area contributed by atoms with Gasteiger partial charge in [-0.15, -0.1) is 0 Å². The van der Waals surface area contributed by atoms with E-state index in [0.29, 0.717) is 42.0 Å². The highest BCUT2D eigenvalue weighted by atomic mass is 19.4. The van der Waals surface area contributed by atoms with E-state index >= 15 is 0 Å². The van der Waals surface area contributed by atoms with Crippen molar-refractivity contribution in [1.29, 1.82) is 0 Å². The van der Waals surface area contributed by atoms with Gasteiger partial charge in [0, 0.05) is 5.92 Å². The summed E-state index contributed by atoms with van der Waals surface area (Å²) >= 11 is 0. The molecule has 2 aliphatic rings. The number of carbonyl (C=O) groups is 1. The summed E-state index contributed by atoms with van der Waals surface area (Å²) in [4.78, 5) is 11.9. The minimum absolute atomic E-state index is 0.0514. The van der Waals surface area contributed by atoms with Crippen LogP contribution in [0, 0.1) is 5.92 Å². The standard InChI is InChI=1S/C17H21F3N2O4/c1-16(2,17(18,19)20)22(15(23)24)11-3-4-14-13(6-11)21-7-12(26-14)5-10-8-25-9-10/h3-4,6,10,12,21H,5,7-9H2,1-2H3,(H,23,24)/t12-/m0/s1. The molecule has 0 bridgehead atoms. The van der Waals surface area contributed by atoms with Gasteiger partial charge in [-0.1, -0.05) is 0 Å². The Hall–Kier alpha value is -2.16. The highest BCUT2D eigenvalue weighted by Gasteiger charge is 2.54. The number of hydrogen-bond acceptors (Lipinski definition) is 4. The topological polar surface area (TPSA) is 71.0 Å². The third-order valence-electron chi connectivity index (χ3n) is 4.78. The van der Waals surface area contributed by atoms with Crippen molar-refractivity contribution in [3.05, 3.63) is 18.2 Å². The van der Waals surface area contributed by atoms with Gasteiger partial charge >= 0.3 is 12.3 Å². The van der Waals surface area contributed by atoms with E-state index in [4.69, 9.17) is 9.47 Å². The second kappa shape index (κ2) is 6.53. The molecule has 0 saturated carbocycles. The summed E-state index contributed by atoms with van der Waals surface area (Å²) in [5.74, 6) is 0.957. The third-order valence-corrected chi connectivity index (χ3v) is 4.78. The zero-order valence-electron chi connectivity index (χ0n) is 14.5. The van der Waals surface area contributed by atoms with Crippen molar-refractivity contribution in [3.8, 4) is 5.75 Å². The van der Waals surface area contributed by atoms with Gasteiger partial charge in [-0.05, 0) is 38.5 Å². The number of anilines is 2. The van der Waals surface area contributed by atoms with Gasteiger partial charge in [-0.25, -0.2) is 4.79 Å². The summed E-state index contributed by atoms with van der Waals surface area (Å²) in [5.41, 5.74) is -2.16. The van der Waals surface area contributed by atoms with Crippen LogP contribution in [0.4, 0.5) is 29.3 Å². The molecular formula is C17H21F3N2O4. The van der Waals surface area contributed by atoms with Crippen molar-refractivity contribution < 1.29 is 32.5 Å². The summed E-state index contributed by atoms with van der Waals surface area (Å²) in [5, 5.41) is 12.5. The predicted octanol–water partition coefficient (Wildman–Crippen LogP) is 3.72. The van der Waals surface area contributed by atoms with Gasteiger partial charge in [-0.3, -0.25) is 4.90 Å². The van der Waals surface area contributed by atoms with Crippen molar-refractivity contribution in [2.45, 2.75) is 38.1 Å². The minimum Gasteiger partial charge on any atom is -0.486 e. The molecule has 0 radical (unpaired) electrons. The molecule has 1 amide bonds. The van der Waals surface area contributed by atoms with E-state index in [2.05, 4.69) is 5.32 Å². The molecule has 0 unspecified atom stereocenters. The molecule has 2 heterocycles. The van der Waals surface area contributed by atoms with E-state index in [0.717, 1.165) is 20.3 Å². The Morgan fingerprint density at radius 2 is 2.04 bits per heavy atom. The monoisotopic (exact) mass is 374 g/mol. The molecular weight excluding hydrogens is 353 g/mol. The van der Waals surface area contributed by atoms with Gasteiger partial charge in [0.1, 0.15) is 17.4 Å². The quantitative estimate of drug-likeness (QED) is 0.841. The van der Waals surface area contributed by atoms with Gasteiger partial charge in [0.15, 0.2) is 0 Å². The zero-order chi connectivity index (χ0) is 19.1. The molecule has 1 aromatic carbocycles. The predicted molar refractivity (Wildman–Crippen MR) is 88.9 cm³/mol. The molecule has 9 heteroatoms. The van der Waals surface area contributed by atoms with Gasteiger partial charge in [0.2, 0.25) is 0 Å². The number of nitrogens with zero attached hydrogens (tertiary/aromatic N) is 1. The van der Waals surface area contributed by atoms with Gasteiger partial charge < -0.3 is 19.9 Å². The lowest BCUT2D eigenvalue weighted by Crippen LogP contribution is -2.57. The Morgan fingerprint density at radius 1 is 1.35 bits per heavy atom. The minimum atomic E-state index is -4.72. The number of fused-ring (bicyclic) bond motifs is 1. The number of carboxylic acid groups (broad SMARTS) is 1. The number of benzene rings is 1. The first kappa shape index (κ1) is 18.6. The Balaban J connectivity index is 1.82. The first-order chi connectivity index (χ1) is 12.1. The number of alkyl halides is 3. The normalized spacial score (nSPS) is 20.4. The van der Waals surface area contributed by atoms with Crippen LogP contribution in [0.25, 0.3) is 0 Å². The van der Waals surface area contributed by atoms with E-state index in [1.54, 1.807) is 0 Å². The zero-order valence-corrected chi connectivity index (χ0v) is 14.5. The molecule has 0 aromatic heterocycles. The number of amides is 1. The third kappa shape index (κ3) is 3.40. The molecule has 26 heavy (non-hydrogen) atoms. The Bertz CT molecular complexity index is 689. The SMILES string of the molecule is CC(C)(N(C(=O)O)c1ccc2c(c1)NC[C@H](CC1COC1)O2)C(F)(F)F. The van der Waals surface area contributed by atoms with E-state index in [9.17, 15) is 23.1 Å². The lowest BCUT2D eigenvalue weighted by molar-refractivity contribution is -0.175. The summed E-state index contributed by atoms with van der Waals surface area (Å²) in [6.07, 6.45) is -5.62. The summed E-state index contributed by atoms with van der Waals surface area (Å²) < 4.78 is 51.0. The van der Waals surface area contributed by atoms with E-state index < -0.39 is 17.8 Å².